The van der Waals surface area contributed by atoms with Gasteiger partial charge in [0.25, 0.3) is 0 Å². The first-order valence-electron chi connectivity index (χ1n) is 7.85. The first-order valence-corrected chi connectivity index (χ1v) is 8.65. The van der Waals surface area contributed by atoms with Crippen LogP contribution in [0.1, 0.15) is 37.3 Å². The van der Waals surface area contributed by atoms with E-state index in [4.69, 9.17) is 14.0 Å². The van der Waals surface area contributed by atoms with Crippen LogP contribution in [0.4, 0.5) is 5.69 Å². The first kappa shape index (κ1) is 19.0. The Bertz CT molecular complexity index is 786. The molecule has 1 aromatic carbocycles. The number of aryl methyl sites for hydroxylation is 1. The highest BCUT2D eigenvalue weighted by molar-refractivity contribution is 9.10. The van der Waals surface area contributed by atoms with E-state index >= 15 is 0 Å². The minimum absolute atomic E-state index is 0.0999. The summed E-state index contributed by atoms with van der Waals surface area (Å²) in [5.74, 6) is 1.35. The van der Waals surface area contributed by atoms with Crippen LogP contribution in [0, 0.1) is 17.0 Å². The molecule has 2 rings (SSSR count). The second-order valence-corrected chi connectivity index (χ2v) is 6.04. The van der Waals surface area contributed by atoms with Gasteiger partial charge in [0.1, 0.15) is 0 Å². The Morgan fingerprint density at radius 2 is 2.08 bits per heavy atom. The van der Waals surface area contributed by atoms with E-state index in [0.29, 0.717) is 24.7 Å². The Balaban J connectivity index is 2.35. The van der Waals surface area contributed by atoms with Crippen molar-refractivity contribution in [3.8, 4) is 11.5 Å². The van der Waals surface area contributed by atoms with Crippen molar-refractivity contribution in [1.29, 1.82) is 0 Å². The molecule has 2 aromatic rings. The van der Waals surface area contributed by atoms with Gasteiger partial charge in [0.2, 0.25) is 5.76 Å². The molecule has 0 N–H and O–H groups in total. The molecule has 0 fully saturated rings. The highest BCUT2D eigenvalue weighted by atomic mass is 79.9. The second kappa shape index (κ2) is 8.66. The predicted octanol–water partition coefficient (Wildman–Crippen LogP) is 5.01. The van der Waals surface area contributed by atoms with Crippen LogP contribution in [-0.4, -0.2) is 23.3 Å². The fourth-order valence-corrected chi connectivity index (χ4v) is 2.75. The maximum absolute atomic E-state index is 11.1. The van der Waals surface area contributed by atoms with Crippen molar-refractivity contribution in [2.75, 3.05) is 13.2 Å². The summed E-state index contributed by atoms with van der Waals surface area (Å²) >= 11 is 3.48. The molecule has 0 radical (unpaired) electrons. The fraction of sp³-hybridized carbons (Fsp3) is 0.353. The molecular formula is C17H19BrN2O5. The minimum Gasteiger partial charge on any atom is -0.490 e. The molecule has 25 heavy (non-hydrogen) atoms. The van der Waals surface area contributed by atoms with E-state index in [2.05, 4.69) is 21.1 Å². The molecule has 1 heterocycles. The van der Waals surface area contributed by atoms with Crippen molar-refractivity contribution < 1.29 is 18.9 Å². The number of rotatable bonds is 8. The smallest absolute Gasteiger partial charge is 0.338 e. The number of hydrogen-bond acceptors (Lipinski definition) is 6. The lowest BCUT2D eigenvalue weighted by molar-refractivity contribution is -0.386. The van der Waals surface area contributed by atoms with Crippen LogP contribution in [0.5, 0.6) is 11.5 Å². The molecule has 7 nitrogen and oxygen atoms in total. The van der Waals surface area contributed by atoms with Crippen LogP contribution in [0.25, 0.3) is 12.2 Å². The quantitative estimate of drug-likeness (QED) is 0.448. The van der Waals surface area contributed by atoms with Crippen molar-refractivity contribution in [3.05, 3.63) is 43.7 Å². The number of benzene rings is 1. The lowest BCUT2D eigenvalue weighted by atomic mass is 10.1. The van der Waals surface area contributed by atoms with Crippen molar-refractivity contribution in [3.63, 3.8) is 0 Å². The summed E-state index contributed by atoms with van der Waals surface area (Å²) in [6, 6.07) is 3.66. The Kier molecular flexibility index (Phi) is 6.58. The predicted molar refractivity (Wildman–Crippen MR) is 97.9 cm³/mol. The molecule has 8 heteroatoms. The van der Waals surface area contributed by atoms with E-state index in [1.807, 2.05) is 26.0 Å². The summed E-state index contributed by atoms with van der Waals surface area (Å²) in [5, 5.41) is 14.7. The summed E-state index contributed by atoms with van der Waals surface area (Å²) < 4.78 is 17.1. The van der Waals surface area contributed by atoms with E-state index in [1.54, 1.807) is 6.08 Å². The van der Waals surface area contributed by atoms with Gasteiger partial charge in [-0.1, -0.05) is 18.2 Å². The zero-order chi connectivity index (χ0) is 18.4. The molecule has 0 amide bonds. The molecule has 0 aliphatic rings. The number of nitro groups is 1. The van der Waals surface area contributed by atoms with Crippen LogP contribution in [0.3, 0.4) is 0 Å². The molecule has 0 aliphatic heterocycles. The van der Waals surface area contributed by atoms with Crippen LogP contribution >= 0.6 is 15.9 Å². The van der Waals surface area contributed by atoms with Crippen LogP contribution in [0.2, 0.25) is 0 Å². The highest BCUT2D eigenvalue weighted by Gasteiger charge is 2.22. The molecule has 0 saturated heterocycles. The van der Waals surface area contributed by atoms with Crippen molar-refractivity contribution in [2.45, 2.75) is 27.2 Å². The Morgan fingerprint density at radius 3 is 2.72 bits per heavy atom. The summed E-state index contributed by atoms with van der Waals surface area (Å²) in [4.78, 5) is 10.6. The normalized spacial score (nSPS) is 11.0. The summed E-state index contributed by atoms with van der Waals surface area (Å²) in [5.41, 5.74) is 0.884. The van der Waals surface area contributed by atoms with Gasteiger partial charge in [0.05, 0.1) is 22.6 Å². The topological polar surface area (TPSA) is 87.6 Å². The van der Waals surface area contributed by atoms with Gasteiger partial charge in [-0.25, -0.2) is 0 Å². The highest BCUT2D eigenvalue weighted by Crippen LogP contribution is 2.37. The fourth-order valence-electron chi connectivity index (χ4n) is 2.18. The SMILES string of the molecule is CCCOc1c(Br)cc(C=Cc2onc(C)c2[N+](=O)[O-])cc1OCC. The maximum atomic E-state index is 11.1. The average molecular weight is 411 g/mol. The van der Waals surface area contributed by atoms with Gasteiger partial charge in [-0.2, -0.15) is 0 Å². The third-order valence-corrected chi connectivity index (χ3v) is 3.84. The van der Waals surface area contributed by atoms with E-state index in [0.717, 1.165) is 16.5 Å². The number of aromatic nitrogens is 1. The number of ether oxygens (including phenoxy) is 2. The molecule has 1 aromatic heterocycles. The van der Waals surface area contributed by atoms with Gasteiger partial charge in [0.15, 0.2) is 17.2 Å². The molecular weight excluding hydrogens is 392 g/mol. The van der Waals surface area contributed by atoms with E-state index < -0.39 is 4.92 Å². The van der Waals surface area contributed by atoms with Gasteiger partial charge >= 0.3 is 5.69 Å². The molecule has 0 saturated carbocycles. The number of hydrogen-bond donors (Lipinski definition) is 0. The van der Waals surface area contributed by atoms with E-state index in [1.165, 1.54) is 13.0 Å². The van der Waals surface area contributed by atoms with Gasteiger partial charge in [-0.05, 0) is 60.0 Å². The Morgan fingerprint density at radius 1 is 1.32 bits per heavy atom. The summed E-state index contributed by atoms with van der Waals surface area (Å²) in [7, 11) is 0. The first-order chi connectivity index (χ1) is 12.0. The van der Waals surface area contributed by atoms with Gasteiger partial charge in [-0.3, -0.25) is 10.1 Å². The van der Waals surface area contributed by atoms with E-state index in [-0.39, 0.29) is 17.1 Å². The molecule has 0 unspecified atom stereocenters. The largest absolute Gasteiger partial charge is 0.490 e. The summed E-state index contributed by atoms with van der Waals surface area (Å²) in [6.45, 7) is 6.52. The summed E-state index contributed by atoms with van der Waals surface area (Å²) in [6.07, 6.45) is 4.10. The van der Waals surface area contributed by atoms with Gasteiger partial charge < -0.3 is 14.0 Å². The molecule has 134 valence electrons. The third-order valence-electron chi connectivity index (χ3n) is 3.25. The zero-order valence-electron chi connectivity index (χ0n) is 14.2. The van der Waals surface area contributed by atoms with Gasteiger partial charge in [0, 0.05) is 0 Å². The minimum atomic E-state index is -0.505. The van der Waals surface area contributed by atoms with Crippen molar-refractivity contribution in [2.24, 2.45) is 0 Å². The molecule has 0 bridgehead atoms. The number of nitrogens with zero attached hydrogens (tertiary/aromatic N) is 2. The van der Waals surface area contributed by atoms with Gasteiger partial charge in [-0.15, -0.1) is 0 Å². The van der Waals surface area contributed by atoms with Crippen molar-refractivity contribution in [1.82, 2.24) is 5.16 Å². The second-order valence-electron chi connectivity index (χ2n) is 5.18. The molecule has 0 atom stereocenters. The van der Waals surface area contributed by atoms with Crippen molar-refractivity contribution >= 4 is 33.8 Å². The standard InChI is InChI=1S/C17H19BrN2O5/c1-4-8-24-17-13(18)9-12(10-15(17)23-5-2)6-7-14-16(20(21)22)11(3)19-25-14/h6-7,9-10H,4-5,8H2,1-3H3. The Hall–Kier alpha value is -2.35. The molecule has 0 aliphatic carbocycles. The molecule has 0 spiro atoms. The monoisotopic (exact) mass is 410 g/mol. The third kappa shape index (κ3) is 4.60. The average Bonchev–Trinajstić information content (AvgIpc) is 2.93. The lowest BCUT2D eigenvalue weighted by Crippen LogP contribution is -2.01. The van der Waals surface area contributed by atoms with E-state index in [9.17, 15) is 10.1 Å². The van der Waals surface area contributed by atoms with Crippen LogP contribution < -0.4 is 9.47 Å². The maximum Gasteiger partial charge on any atom is 0.338 e. The van der Waals surface area contributed by atoms with Crippen LogP contribution in [-0.2, 0) is 0 Å². The lowest BCUT2D eigenvalue weighted by Gasteiger charge is -2.14. The van der Waals surface area contributed by atoms with Crippen LogP contribution in [0.15, 0.2) is 21.1 Å². The number of halogens is 1. The Labute approximate surface area is 153 Å². The zero-order valence-corrected chi connectivity index (χ0v) is 15.8.